The maximum Gasteiger partial charge on any atom is 0.251 e. The number of amides is 1. The lowest BCUT2D eigenvalue weighted by Gasteiger charge is -2.31. The predicted molar refractivity (Wildman–Crippen MR) is 87.6 cm³/mol. The zero-order valence-corrected chi connectivity index (χ0v) is 13.9. The number of benzene rings is 1. The van der Waals surface area contributed by atoms with Crippen LogP contribution in [0.25, 0.3) is 0 Å². The van der Waals surface area contributed by atoms with E-state index in [1.165, 1.54) is 6.07 Å². The third-order valence-corrected chi connectivity index (χ3v) is 6.32. The summed E-state index contributed by atoms with van der Waals surface area (Å²) in [6, 6.07) is 4.68. The Morgan fingerprint density at radius 3 is 2.83 bits per heavy atom. The van der Waals surface area contributed by atoms with Gasteiger partial charge >= 0.3 is 0 Å². The lowest BCUT2D eigenvalue weighted by atomic mass is 9.85. The van der Waals surface area contributed by atoms with Gasteiger partial charge in [-0.25, -0.2) is 13.1 Å². The van der Waals surface area contributed by atoms with Crippen molar-refractivity contribution < 1.29 is 13.2 Å². The van der Waals surface area contributed by atoms with Crippen LogP contribution >= 0.6 is 0 Å². The average Bonchev–Trinajstić information content (AvgIpc) is 2.55. The summed E-state index contributed by atoms with van der Waals surface area (Å²) in [5, 5.41) is 2.74. The fourth-order valence-electron chi connectivity index (χ4n) is 3.47. The first-order valence-corrected chi connectivity index (χ1v) is 9.63. The molecule has 6 nitrogen and oxygen atoms in total. The first-order valence-electron chi connectivity index (χ1n) is 8.15. The number of carbonyl (C=O) groups is 1. The number of rotatable bonds is 4. The van der Waals surface area contributed by atoms with Gasteiger partial charge in [0.15, 0.2) is 0 Å². The summed E-state index contributed by atoms with van der Waals surface area (Å²) >= 11 is 0. The van der Waals surface area contributed by atoms with Gasteiger partial charge in [0.1, 0.15) is 0 Å². The van der Waals surface area contributed by atoms with E-state index in [1.54, 1.807) is 12.1 Å². The van der Waals surface area contributed by atoms with E-state index in [-0.39, 0.29) is 22.8 Å². The molecule has 1 aliphatic carbocycles. The quantitative estimate of drug-likeness (QED) is 0.755. The molecule has 3 rings (SSSR count). The molecule has 0 spiro atoms. The van der Waals surface area contributed by atoms with Crippen molar-refractivity contribution in [3.05, 3.63) is 29.3 Å². The normalized spacial score (nSPS) is 24.8. The zero-order valence-electron chi connectivity index (χ0n) is 13.0. The van der Waals surface area contributed by atoms with Crippen molar-refractivity contribution in [2.75, 3.05) is 13.1 Å². The molecule has 1 amide bonds. The Labute approximate surface area is 136 Å². The Kier molecular flexibility index (Phi) is 4.70. The van der Waals surface area contributed by atoms with Crippen molar-refractivity contribution in [2.24, 2.45) is 11.7 Å². The predicted octanol–water partition coefficient (Wildman–Crippen LogP) is 0.768. The van der Waals surface area contributed by atoms with E-state index in [1.807, 2.05) is 0 Å². The van der Waals surface area contributed by atoms with Gasteiger partial charge in [0.25, 0.3) is 5.91 Å². The molecule has 1 aromatic rings. The van der Waals surface area contributed by atoms with Crippen LogP contribution in [0, 0.1) is 5.92 Å². The van der Waals surface area contributed by atoms with E-state index in [9.17, 15) is 13.2 Å². The molecule has 4 N–H and O–H groups in total. The third kappa shape index (κ3) is 3.41. The van der Waals surface area contributed by atoms with Gasteiger partial charge in [-0.2, -0.15) is 0 Å². The number of fused-ring (bicyclic) bond motifs is 1. The second kappa shape index (κ2) is 6.59. The summed E-state index contributed by atoms with van der Waals surface area (Å²) in [4.78, 5) is 12.1. The highest BCUT2D eigenvalue weighted by molar-refractivity contribution is 7.89. The van der Waals surface area contributed by atoms with Crippen molar-refractivity contribution in [2.45, 2.75) is 43.0 Å². The Balaban J connectivity index is 1.85. The van der Waals surface area contributed by atoms with Crippen LogP contribution in [-0.2, 0) is 16.4 Å². The van der Waals surface area contributed by atoms with Crippen molar-refractivity contribution in [3.63, 3.8) is 0 Å². The highest BCUT2D eigenvalue weighted by Crippen LogP contribution is 2.26. The Morgan fingerprint density at radius 2 is 2.04 bits per heavy atom. The average molecular weight is 337 g/mol. The molecule has 126 valence electrons. The number of sulfonamides is 1. The molecule has 0 unspecified atom stereocenters. The standard InChI is InChI=1S/C16H23N3O3S/c17-10-12-3-1-2-4-15(12)19-23(21,22)13-6-5-11-7-8-18-16(20)14(11)9-13/h5-6,9,12,15,19H,1-4,7-8,10,17H2,(H,18,20)/t12-,15-/m0/s1. The molecule has 23 heavy (non-hydrogen) atoms. The molecule has 0 radical (unpaired) electrons. The van der Waals surface area contributed by atoms with Gasteiger partial charge in [-0.15, -0.1) is 0 Å². The number of hydrogen-bond acceptors (Lipinski definition) is 4. The summed E-state index contributed by atoms with van der Waals surface area (Å²) < 4.78 is 28.1. The van der Waals surface area contributed by atoms with E-state index in [2.05, 4.69) is 10.0 Å². The molecule has 1 saturated carbocycles. The molecule has 1 aliphatic heterocycles. The molecular weight excluding hydrogens is 314 g/mol. The summed E-state index contributed by atoms with van der Waals surface area (Å²) in [6.07, 6.45) is 4.60. The largest absolute Gasteiger partial charge is 0.352 e. The van der Waals surface area contributed by atoms with Crippen molar-refractivity contribution in [3.8, 4) is 0 Å². The van der Waals surface area contributed by atoms with Crippen molar-refractivity contribution in [1.82, 2.24) is 10.0 Å². The number of carbonyl (C=O) groups excluding carboxylic acids is 1. The monoisotopic (exact) mass is 337 g/mol. The van der Waals surface area contributed by atoms with Crippen LogP contribution in [0.4, 0.5) is 0 Å². The summed E-state index contributed by atoms with van der Waals surface area (Å²) in [5.74, 6) is -0.0275. The van der Waals surface area contributed by atoms with E-state index in [0.29, 0.717) is 18.7 Å². The summed E-state index contributed by atoms with van der Waals surface area (Å²) in [6.45, 7) is 1.08. The van der Waals surface area contributed by atoms with Gasteiger partial charge in [-0.3, -0.25) is 4.79 Å². The topological polar surface area (TPSA) is 101 Å². The zero-order chi connectivity index (χ0) is 16.4. The highest BCUT2D eigenvalue weighted by Gasteiger charge is 2.29. The Hall–Kier alpha value is -1.44. The maximum absolute atomic E-state index is 12.7. The third-order valence-electron chi connectivity index (χ3n) is 4.83. The molecule has 1 aromatic carbocycles. The maximum atomic E-state index is 12.7. The van der Waals surface area contributed by atoms with Crippen LogP contribution in [0.1, 0.15) is 41.6 Å². The van der Waals surface area contributed by atoms with E-state index in [0.717, 1.165) is 37.7 Å². The van der Waals surface area contributed by atoms with Crippen LogP contribution in [0.2, 0.25) is 0 Å². The molecule has 2 atom stereocenters. The van der Waals surface area contributed by atoms with Gasteiger partial charge in [0.05, 0.1) is 4.90 Å². The van der Waals surface area contributed by atoms with Crippen LogP contribution in [0.15, 0.2) is 23.1 Å². The van der Waals surface area contributed by atoms with Crippen LogP contribution in [0.3, 0.4) is 0 Å². The van der Waals surface area contributed by atoms with Crippen molar-refractivity contribution in [1.29, 1.82) is 0 Å². The minimum atomic E-state index is -3.65. The fraction of sp³-hybridized carbons (Fsp3) is 0.562. The molecule has 0 bridgehead atoms. The molecule has 1 heterocycles. The molecule has 0 saturated heterocycles. The van der Waals surface area contributed by atoms with Gasteiger partial charge in [0, 0.05) is 18.2 Å². The van der Waals surface area contributed by atoms with Crippen LogP contribution in [-0.4, -0.2) is 33.5 Å². The molecular formula is C16H23N3O3S. The SMILES string of the molecule is NC[C@@H]1CCCC[C@@H]1NS(=O)(=O)c1ccc2c(c1)C(=O)NCC2. The van der Waals surface area contributed by atoms with E-state index >= 15 is 0 Å². The molecule has 1 fully saturated rings. The molecule has 2 aliphatic rings. The number of nitrogens with two attached hydrogens (primary N) is 1. The molecule has 0 aromatic heterocycles. The van der Waals surface area contributed by atoms with Gasteiger partial charge in [-0.1, -0.05) is 18.9 Å². The minimum absolute atomic E-state index is 0.122. The van der Waals surface area contributed by atoms with Gasteiger partial charge in [0.2, 0.25) is 10.0 Å². The summed E-state index contributed by atoms with van der Waals surface area (Å²) in [7, 11) is -3.65. The van der Waals surface area contributed by atoms with Gasteiger partial charge in [-0.05, 0) is 49.4 Å². The fourth-order valence-corrected chi connectivity index (χ4v) is 4.84. The van der Waals surface area contributed by atoms with Crippen LogP contribution < -0.4 is 15.8 Å². The highest BCUT2D eigenvalue weighted by atomic mass is 32.2. The smallest absolute Gasteiger partial charge is 0.251 e. The second-order valence-corrected chi connectivity index (χ2v) is 8.05. The minimum Gasteiger partial charge on any atom is -0.352 e. The summed E-state index contributed by atoms with van der Waals surface area (Å²) in [5.41, 5.74) is 7.12. The van der Waals surface area contributed by atoms with Crippen molar-refractivity contribution >= 4 is 15.9 Å². The molecule has 7 heteroatoms. The lowest BCUT2D eigenvalue weighted by Crippen LogP contribution is -2.44. The van der Waals surface area contributed by atoms with Crippen LogP contribution in [0.5, 0.6) is 0 Å². The second-order valence-electron chi connectivity index (χ2n) is 6.33. The van der Waals surface area contributed by atoms with E-state index in [4.69, 9.17) is 5.73 Å². The van der Waals surface area contributed by atoms with E-state index < -0.39 is 10.0 Å². The lowest BCUT2D eigenvalue weighted by molar-refractivity contribution is 0.0945. The first kappa shape index (κ1) is 16.4. The van der Waals surface area contributed by atoms with Gasteiger partial charge < -0.3 is 11.1 Å². The Bertz CT molecular complexity index is 703. The Morgan fingerprint density at radius 1 is 1.26 bits per heavy atom. The number of hydrogen-bond donors (Lipinski definition) is 3. The number of nitrogens with one attached hydrogen (secondary N) is 2. The first-order chi connectivity index (χ1) is 11.0.